The van der Waals surface area contributed by atoms with Gasteiger partial charge in [-0.15, -0.1) is 11.3 Å². The Morgan fingerprint density at radius 2 is 0.746 bits per heavy atom. The fourth-order valence-electron chi connectivity index (χ4n) is 12.9. The highest BCUT2D eigenvalue weighted by atomic mass is 32.2. The van der Waals surface area contributed by atoms with Crippen molar-refractivity contribution in [1.82, 2.24) is 9.97 Å². The summed E-state index contributed by atoms with van der Waals surface area (Å²) in [6.45, 7) is 7.05. The Hall–Kier alpha value is -12.2. The molecule has 0 aliphatic rings. The summed E-state index contributed by atoms with van der Waals surface area (Å²) in [5.41, 5.74) is 4.72. The van der Waals surface area contributed by atoms with E-state index >= 15 is 0 Å². The van der Waals surface area contributed by atoms with Crippen LogP contribution in [-0.4, -0.2) is 117 Å². The molecular weight excluding hydrogens is 1720 g/mol. The average Bonchev–Trinajstić information content (AvgIpc) is 0.878. The van der Waals surface area contributed by atoms with E-state index in [1.165, 1.54) is 139 Å². The number of carboxylic acids is 4. The number of nitriles is 1. The molecule has 9 aromatic carbocycles. The van der Waals surface area contributed by atoms with Crippen LogP contribution in [0.2, 0.25) is 0 Å². The largest absolute Gasteiger partial charge is 0.478 e. The van der Waals surface area contributed by atoms with Gasteiger partial charge in [0, 0.05) is 40.9 Å². The molecule has 0 aliphatic heterocycles. The van der Waals surface area contributed by atoms with Crippen molar-refractivity contribution in [1.29, 1.82) is 5.26 Å². The van der Waals surface area contributed by atoms with E-state index < -0.39 is 118 Å². The predicted octanol–water partition coefficient (Wildman–Crippen LogP) is 17.0. The fraction of sp³-hybridized carbons (Fsp3) is 0.170. The van der Waals surface area contributed by atoms with E-state index in [4.69, 9.17) is 0 Å². The molecule has 12 aromatic rings. The molecule has 3 aromatic heterocycles. The van der Waals surface area contributed by atoms with E-state index in [-0.39, 0.29) is 74.1 Å². The molecule has 0 spiro atoms. The van der Waals surface area contributed by atoms with Crippen LogP contribution in [0.1, 0.15) is 125 Å². The lowest BCUT2D eigenvalue weighted by Gasteiger charge is -2.15. The van der Waals surface area contributed by atoms with Crippen molar-refractivity contribution >= 4 is 94.2 Å². The number of carboxylic acid groups (broad SMARTS) is 4. The smallest absolute Gasteiger partial charge is 0.416 e. The highest BCUT2D eigenvalue weighted by molar-refractivity contribution is 7.92. The molecule has 3 heterocycles. The average molecular weight is 1800 g/mol. The molecule has 12 rings (SSSR count). The van der Waals surface area contributed by atoms with Crippen molar-refractivity contribution in [3.63, 3.8) is 0 Å². The number of carbonyl (C=O) groups is 4. The van der Waals surface area contributed by atoms with Crippen LogP contribution in [0.3, 0.4) is 0 Å². The summed E-state index contributed by atoms with van der Waals surface area (Å²) in [4.78, 5) is 54.1. The van der Waals surface area contributed by atoms with Gasteiger partial charge in [0.2, 0.25) is 0 Å². The van der Waals surface area contributed by atoms with Gasteiger partial charge in [0.1, 0.15) is 5.82 Å². The number of benzene rings is 9. The van der Waals surface area contributed by atoms with E-state index in [0.717, 1.165) is 41.7 Å². The van der Waals surface area contributed by atoms with Gasteiger partial charge >= 0.3 is 30.1 Å². The standard InChI is InChI=1S/C23H21FO6S2.C22H18F3NO4S.C22H18N2O4S.C21H20O6S3/c1-3-15-7-8-17(23(25)26)13-22(15)32(29,30)14-18-12-20(31(2,27)28)9-10-21(18)16-5-4-6-19(24)11-16;1-2-14-6-7-15(21(27)28)12-20(14)31(29,30)13-16-11-17(22(23,24)25)8-9-18(16)19-5-3-4-10-26-19;1-2-16-7-8-17(22(25)26)12-21(16)29(27,28)14-18-11-15(13-23)6-9-19(18)20-5-3-4-10-24-20;1-3-14-6-7-15(21(22)23)12-20(14)30(26,27)13-16-11-17(29(2,24)25)8-9-18(16)19-5-4-10-28-19/h4-13H,3,14H2,1-2H3,(H,25,26);3-12H,2,13H2,1H3,(H,27,28);3-12H,2,14H2,1H3,(H,25,26);4-12H,3,13H2,1-2H3,(H,22,23). The molecule has 0 saturated heterocycles. The molecule has 0 bridgehead atoms. The Morgan fingerprint density at radius 3 is 1.07 bits per heavy atom. The third kappa shape index (κ3) is 23.5. The molecular formula is C88H77F4N3O20S7. The van der Waals surface area contributed by atoms with Crippen molar-refractivity contribution in [3.8, 4) is 50.2 Å². The lowest BCUT2D eigenvalue weighted by Crippen LogP contribution is -2.12. The van der Waals surface area contributed by atoms with Crippen molar-refractivity contribution in [3.05, 3.63) is 320 Å². The molecule has 0 radical (unpaired) electrons. The number of pyridine rings is 2. The zero-order chi connectivity index (χ0) is 89.6. The molecule has 34 heteroatoms. The van der Waals surface area contributed by atoms with Gasteiger partial charge in [-0.05, 0) is 232 Å². The van der Waals surface area contributed by atoms with Crippen LogP contribution in [0, 0.1) is 17.1 Å². The fourth-order valence-corrected chi connectivity index (χ4v) is 21.9. The van der Waals surface area contributed by atoms with Gasteiger partial charge in [-0.1, -0.05) is 107 Å². The molecule has 122 heavy (non-hydrogen) atoms. The van der Waals surface area contributed by atoms with Crippen LogP contribution in [0.4, 0.5) is 17.6 Å². The lowest BCUT2D eigenvalue weighted by molar-refractivity contribution is -0.137. The molecule has 0 aliphatic carbocycles. The molecule has 0 unspecified atom stereocenters. The van der Waals surface area contributed by atoms with Crippen LogP contribution in [0.25, 0.3) is 44.1 Å². The topological polar surface area (TPSA) is 404 Å². The third-order valence-corrected chi connectivity index (χ3v) is 29.1. The van der Waals surface area contributed by atoms with Crippen molar-refractivity contribution < 1.29 is 108 Å². The lowest BCUT2D eigenvalue weighted by atomic mass is 10.0. The first kappa shape index (κ1) is 93.6. The van der Waals surface area contributed by atoms with E-state index in [1.54, 1.807) is 87.6 Å². The van der Waals surface area contributed by atoms with Gasteiger partial charge in [-0.3, -0.25) is 9.97 Å². The number of nitrogens with zero attached hydrogens (tertiary/aromatic N) is 3. The van der Waals surface area contributed by atoms with E-state index in [9.17, 15) is 113 Å². The van der Waals surface area contributed by atoms with E-state index in [0.29, 0.717) is 98.3 Å². The Kier molecular flexibility index (Phi) is 30.0. The van der Waals surface area contributed by atoms with Crippen molar-refractivity contribution in [2.24, 2.45) is 0 Å². The second kappa shape index (κ2) is 39.1. The van der Waals surface area contributed by atoms with Crippen LogP contribution in [0.15, 0.2) is 266 Å². The normalized spacial score (nSPS) is 11.8. The second-order valence-electron chi connectivity index (χ2n) is 27.4. The number of thiophene rings is 1. The van der Waals surface area contributed by atoms with Gasteiger partial charge in [0.15, 0.2) is 59.0 Å². The van der Waals surface area contributed by atoms with Gasteiger partial charge in [0.05, 0.1) is 103 Å². The maximum absolute atomic E-state index is 13.8. The van der Waals surface area contributed by atoms with Crippen LogP contribution in [0.5, 0.6) is 0 Å². The summed E-state index contributed by atoms with van der Waals surface area (Å²) >= 11 is 1.42. The zero-order valence-electron chi connectivity index (χ0n) is 65.7. The van der Waals surface area contributed by atoms with Gasteiger partial charge < -0.3 is 20.4 Å². The Morgan fingerprint density at radius 1 is 0.385 bits per heavy atom. The Bertz CT molecular complexity index is 6790. The molecule has 0 saturated carbocycles. The number of aryl methyl sites for hydroxylation is 4. The highest BCUT2D eigenvalue weighted by Crippen LogP contribution is 2.39. The van der Waals surface area contributed by atoms with Gasteiger partial charge in [-0.2, -0.15) is 18.4 Å². The third-order valence-electron chi connectivity index (χ3n) is 19.0. The first-order chi connectivity index (χ1) is 57.3. The minimum absolute atomic E-state index is 0.00534. The minimum atomic E-state index is -4.65. The molecule has 634 valence electrons. The number of alkyl halides is 3. The molecule has 0 atom stereocenters. The maximum atomic E-state index is 13.8. The quantitative estimate of drug-likeness (QED) is 0.0366. The summed E-state index contributed by atoms with van der Waals surface area (Å²) in [5.74, 6) is -7.62. The first-order valence-corrected chi connectivity index (χ1v) is 48.0. The van der Waals surface area contributed by atoms with Crippen molar-refractivity contribution in [2.75, 3.05) is 12.5 Å². The molecule has 4 N–H and O–H groups in total. The summed E-state index contributed by atoms with van der Waals surface area (Å²) in [6.07, 6.45) is 2.01. The summed E-state index contributed by atoms with van der Waals surface area (Å²) in [5, 5.41) is 48.1. The zero-order valence-corrected chi connectivity index (χ0v) is 71.4. The Labute approximate surface area is 706 Å². The highest BCUT2D eigenvalue weighted by Gasteiger charge is 2.34. The van der Waals surface area contributed by atoms with Crippen molar-refractivity contribution in [2.45, 2.75) is 112 Å². The SMILES string of the molecule is CCc1ccc(C(=O)O)cc1S(=O)(=O)Cc1cc(C#N)ccc1-c1ccccn1.CCc1ccc(C(=O)O)cc1S(=O)(=O)Cc1cc(C(F)(F)F)ccc1-c1ccccn1.CCc1ccc(C(=O)O)cc1S(=O)(=O)Cc1cc(S(C)(=O)=O)ccc1-c1cccc(F)c1.CCc1ccc(C(=O)O)cc1S(=O)(=O)Cc1cc(S(C)(=O)=O)ccc1-c1cccs1. The van der Waals surface area contributed by atoms with Crippen LogP contribution < -0.4 is 0 Å². The molecule has 23 nitrogen and oxygen atoms in total. The summed E-state index contributed by atoms with van der Waals surface area (Å²) in [7, 11) is -23.2. The number of sulfone groups is 6. The predicted molar refractivity (Wildman–Crippen MR) is 452 cm³/mol. The number of hydrogen-bond acceptors (Lipinski definition) is 20. The Balaban J connectivity index is 0.000000185. The van der Waals surface area contributed by atoms with E-state index in [2.05, 4.69) is 9.97 Å². The number of rotatable bonds is 26. The maximum Gasteiger partial charge on any atom is 0.416 e. The monoisotopic (exact) mass is 1800 g/mol. The van der Waals surface area contributed by atoms with Gasteiger partial charge in [-0.25, -0.2) is 74.1 Å². The molecule has 0 fully saturated rings. The number of hydrogen-bond donors (Lipinski definition) is 4. The summed E-state index contributed by atoms with van der Waals surface area (Å²) in [6, 6.07) is 53.4. The van der Waals surface area contributed by atoms with Crippen LogP contribution >= 0.6 is 11.3 Å². The number of aromatic nitrogens is 2. The number of halogens is 4. The number of aromatic carboxylic acids is 4. The minimum Gasteiger partial charge on any atom is -0.478 e. The first-order valence-electron chi connectivity index (χ1n) is 36.7. The van der Waals surface area contributed by atoms with Gasteiger partial charge in [0.25, 0.3) is 0 Å². The summed E-state index contributed by atoms with van der Waals surface area (Å²) < 4.78 is 208. The molecule has 0 amide bonds. The van der Waals surface area contributed by atoms with E-state index in [1.807, 2.05) is 30.5 Å². The van der Waals surface area contributed by atoms with Crippen LogP contribution in [-0.2, 0) is 114 Å². The second-order valence-corrected chi connectivity index (χ2v) is 40.2.